The van der Waals surface area contributed by atoms with Crippen molar-refractivity contribution in [3.63, 3.8) is 0 Å². The minimum Gasteiger partial charge on any atom is -0.495 e. The molecule has 0 radical (unpaired) electrons. The molecule has 5 heterocycles. The quantitative estimate of drug-likeness (QED) is 0.246. The van der Waals surface area contributed by atoms with Crippen molar-refractivity contribution in [3.05, 3.63) is 84.2 Å². The third-order valence-corrected chi connectivity index (χ3v) is 10.9. The zero-order chi connectivity index (χ0) is 42.1. The number of nitrogens with zero attached hydrogens (tertiary/aromatic N) is 5. The Bertz CT molecular complexity index is 2250. The maximum absolute atomic E-state index is 13.9. The molecule has 4 aliphatic rings. The summed E-state index contributed by atoms with van der Waals surface area (Å²) in [6, 6.07) is 6.17. The third kappa shape index (κ3) is 7.42. The molecular formula is C41H45N7O11. The highest BCUT2D eigenvalue weighted by atomic mass is 16.6. The molecule has 59 heavy (non-hydrogen) atoms. The zero-order valence-electron chi connectivity index (χ0n) is 32.9. The van der Waals surface area contributed by atoms with Crippen LogP contribution in [0.5, 0.6) is 11.5 Å². The number of aromatic nitrogens is 1. The van der Waals surface area contributed by atoms with Gasteiger partial charge in [-0.2, -0.15) is 0 Å². The predicted molar refractivity (Wildman–Crippen MR) is 214 cm³/mol. The van der Waals surface area contributed by atoms with E-state index in [0.717, 1.165) is 11.3 Å². The van der Waals surface area contributed by atoms with Crippen LogP contribution in [-0.2, 0) is 16.5 Å². The average molecular weight is 812 g/mol. The Kier molecular flexibility index (Phi) is 11.3. The number of hydrogen-bond acceptors (Lipinski definition) is 11. The van der Waals surface area contributed by atoms with Crippen LogP contribution in [0.4, 0.5) is 32.3 Å². The number of aliphatic hydroxyl groups is 1. The van der Waals surface area contributed by atoms with E-state index in [-0.39, 0.29) is 88.3 Å². The van der Waals surface area contributed by atoms with Gasteiger partial charge in [-0.15, -0.1) is 0 Å². The van der Waals surface area contributed by atoms with Crippen LogP contribution in [0.1, 0.15) is 67.2 Å². The number of carbonyl (C=O) groups is 6. The summed E-state index contributed by atoms with van der Waals surface area (Å²) in [7, 11) is 4.30. The van der Waals surface area contributed by atoms with Crippen LogP contribution in [-0.4, -0.2) is 121 Å². The van der Waals surface area contributed by atoms with E-state index in [2.05, 4.69) is 23.8 Å². The standard InChI is InChI=1S/C41H45N7O11/c1-6-14-58-40(54)47-22-24-10-8-12-45(24)37(51)25-17-33(56-4)27(19-30(25)47)42-35(49)23-16-32(44(3)21-23)36(50)43-28-20-31-26(18-34(28)57-5)38(52)46-13-9-11-29(46)39(53)48(31)41(55)59-15-7-2/h6-7,16-21,24,29,39,53H,1-2,8-15,22H2,3-5H3,(H,42,49)(H,43,50)/t24?,29-,39-/m0/s1. The Morgan fingerprint density at radius 3 is 2.03 bits per heavy atom. The van der Waals surface area contributed by atoms with Crippen LogP contribution in [0, 0.1) is 0 Å². The van der Waals surface area contributed by atoms with Crippen molar-refractivity contribution in [2.24, 2.45) is 7.05 Å². The van der Waals surface area contributed by atoms with Gasteiger partial charge in [-0.1, -0.05) is 25.3 Å². The Labute approximate surface area is 339 Å². The maximum Gasteiger partial charge on any atom is 0.416 e. The van der Waals surface area contributed by atoms with Crippen LogP contribution in [0.25, 0.3) is 0 Å². The molecule has 2 fully saturated rings. The van der Waals surface area contributed by atoms with Gasteiger partial charge in [0.15, 0.2) is 6.23 Å². The van der Waals surface area contributed by atoms with E-state index in [0.29, 0.717) is 32.4 Å². The van der Waals surface area contributed by atoms with Gasteiger partial charge in [0.1, 0.15) is 30.4 Å². The summed E-state index contributed by atoms with van der Waals surface area (Å²) in [4.78, 5) is 87.5. The molecule has 0 spiro atoms. The van der Waals surface area contributed by atoms with Crippen LogP contribution in [0.15, 0.2) is 61.8 Å². The second kappa shape index (κ2) is 16.6. The predicted octanol–water partition coefficient (Wildman–Crippen LogP) is 4.36. The second-order valence-corrected chi connectivity index (χ2v) is 14.4. The molecule has 0 bridgehead atoms. The summed E-state index contributed by atoms with van der Waals surface area (Å²) in [6.45, 7) is 8.08. The highest BCUT2D eigenvalue weighted by Gasteiger charge is 2.45. The molecule has 1 aromatic heterocycles. The SMILES string of the molecule is C=CCOC(=O)N1CC2CCCN2C(=O)c2cc(OC)c(NC(=O)c3cc(C(=O)Nc4cc5c(cc4OC)C(=O)N4CCC[C@H]4[C@H](O)N5C(=O)OCC=C)n(C)c3)cc21. The van der Waals surface area contributed by atoms with Crippen molar-refractivity contribution < 1.29 is 52.8 Å². The lowest BCUT2D eigenvalue weighted by Crippen LogP contribution is -2.50. The van der Waals surface area contributed by atoms with E-state index in [4.69, 9.17) is 18.9 Å². The van der Waals surface area contributed by atoms with Crippen molar-refractivity contribution in [1.82, 2.24) is 14.4 Å². The van der Waals surface area contributed by atoms with Crippen LogP contribution >= 0.6 is 0 Å². The highest BCUT2D eigenvalue weighted by molar-refractivity contribution is 6.12. The Balaban J connectivity index is 1.17. The fraction of sp³-hybridized carbons (Fsp3) is 0.366. The average Bonchev–Trinajstić information content (AvgIpc) is 3.98. The van der Waals surface area contributed by atoms with Gasteiger partial charge >= 0.3 is 12.2 Å². The third-order valence-electron chi connectivity index (χ3n) is 10.9. The van der Waals surface area contributed by atoms with Gasteiger partial charge in [0, 0.05) is 32.9 Å². The summed E-state index contributed by atoms with van der Waals surface area (Å²) in [5.74, 6) is -1.75. The molecule has 2 saturated heterocycles. The monoisotopic (exact) mass is 811 g/mol. The molecule has 6 amide bonds. The van der Waals surface area contributed by atoms with Gasteiger partial charge in [-0.3, -0.25) is 24.1 Å². The van der Waals surface area contributed by atoms with Gasteiger partial charge in [0.05, 0.1) is 65.7 Å². The number of hydrogen-bond donors (Lipinski definition) is 3. The smallest absolute Gasteiger partial charge is 0.416 e. The summed E-state index contributed by atoms with van der Waals surface area (Å²) in [5, 5.41) is 17.0. The topological polar surface area (TPSA) is 202 Å². The normalized spacial score (nSPS) is 19.4. The molecule has 3 N–H and O–H groups in total. The number of amides is 6. The first-order chi connectivity index (χ1) is 28.4. The van der Waals surface area contributed by atoms with Crippen molar-refractivity contribution in [3.8, 4) is 11.5 Å². The van der Waals surface area contributed by atoms with Crippen LogP contribution < -0.4 is 29.9 Å². The molecule has 0 saturated carbocycles. The molecule has 1 unspecified atom stereocenters. The lowest BCUT2D eigenvalue weighted by molar-refractivity contribution is 0.0496. The highest BCUT2D eigenvalue weighted by Crippen LogP contribution is 2.42. The summed E-state index contributed by atoms with van der Waals surface area (Å²) in [5.41, 5.74) is 0.848. The molecule has 0 aliphatic carbocycles. The number of nitrogens with one attached hydrogen (secondary N) is 2. The number of fused-ring (bicyclic) bond motifs is 4. The lowest BCUT2D eigenvalue weighted by atomic mass is 10.1. The number of aryl methyl sites for hydroxylation is 1. The molecule has 3 aromatic rings. The van der Waals surface area contributed by atoms with Gasteiger partial charge in [-0.05, 0) is 56.0 Å². The molecular weight excluding hydrogens is 766 g/mol. The van der Waals surface area contributed by atoms with Crippen LogP contribution in [0.2, 0.25) is 0 Å². The van der Waals surface area contributed by atoms with E-state index in [1.54, 1.807) is 11.9 Å². The number of ether oxygens (including phenoxy) is 4. The van der Waals surface area contributed by atoms with Crippen molar-refractivity contribution in [1.29, 1.82) is 0 Å². The number of anilines is 4. The van der Waals surface area contributed by atoms with Gasteiger partial charge < -0.3 is 49.1 Å². The number of methoxy groups -OCH3 is 2. The number of benzene rings is 2. The van der Waals surface area contributed by atoms with Gasteiger partial charge in [-0.25, -0.2) is 14.5 Å². The second-order valence-electron chi connectivity index (χ2n) is 14.4. The zero-order valence-corrected chi connectivity index (χ0v) is 32.9. The van der Waals surface area contributed by atoms with Gasteiger partial charge in [0.2, 0.25) is 0 Å². The minimum absolute atomic E-state index is 0.00154. The first kappa shape index (κ1) is 40.4. The Morgan fingerprint density at radius 1 is 0.797 bits per heavy atom. The summed E-state index contributed by atoms with van der Waals surface area (Å²) in [6.07, 6.45) is 3.79. The molecule has 4 aliphatic heterocycles. The fourth-order valence-electron chi connectivity index (χ4n) is 8.10. The van der Waals surface area contributed by atoms with Crippen molar-refractivity contribution in [2.75, 3.05) is 67.5 Å². The van der Waals surface area contributed by atoms with Crippen LogP contribution in [0.3, 0.4) is 0 Å². The van der Waals surface area contributed by atoms with E-state index in [1.165, 1.54) is 77.3 Å². The van der Waals surface area contributed by atoms with Crippen molar-refractivity contribution in [2.45, 2.75) is 44.0 Å². The van der Waals surface area contributed by atoms with Gasteiger partial charge in [0.25, 0.3) is 23.6 Å². The molecule has 18 heteroatoms. The first-order valence-corrected chi connectivity index (χ1v) is 19.1. The Morgan fingerprint density at radius 2 is 1.37 bits per heavy atom. The minimum atomic E-state index is -1.45. The molecule has 18 nitrogen and oxygen atoms in total. The lowest BCUT2D eigenvalue weighted by Gasteiger charge is -2.31. The molecule has 310 valence electrons. The maximum atomic E-state index is 13.9. The summed E-state index contributed by atoms with van der Waals surface area (Å²) >= 11 is 0. The molecule has 2 aromatic carbocycles. The fourth-order valence-corrected chi connectivity index (χ4v) is 8.10. The number of rotatable bonds is 10. The van der Waals surface area contributed by atoms with E-state index in [1.807, 2.05) is 0 Å². The van der Waals surface area contributed by atoms with E-state index < -0.39 is 42.2 Å². The first-order valence-electron chi connectivity index (χ1n) is 19.1. The van der Waals surface area contributed by atoms with E-state index >= 15 is 0 Å². The number of aliphatic hydroxyl groups excluding tert-OH is 1. The Hall–Kier alpha value is -6.82. The summed E-state index contributed by atoms with van der Waals surface area (Å²) < 4.78 is 23.3. The number of carbonyl (C=O) groups excluding carboxylic acids is 6. The van der Waals surface area contributed by atoms with E-state index in [9.17, 15) is 33.9 Å². The molecule has 3 atom stereocenters. The molecule has 7 rings (SSSR count). The van der Waals surface area contributed by atoms with Crippen molar-refractivity contribution >= 4 is 58.6 Å². The largest absolute Gasteiger partial charge is 0.495 e.